The fourth-order valence-corrected chi connectivity index (χ4v) is 3.36. The first kappa shape index (κ1) is 17.2. The predicted octanol–water partition coefficient (Wildman–Crippen LogP) is 5.54. The van der Waals surface area contributed by atoms with Crippen LogP contribution in [0.2, 0.25) is 0 Å². The summed E-state index contributed by atoms with van der Waals surface area (Å²) in [5, 5.41) is 8.80. The van der Waals surface area contributed by atoms with Crippen molar-refractivity contribution in [2.75, 3.05) is 0 Å². The standard InChI is InChI=1S/C21H26N2/c1-16-13-20(15-21(3,17(16)2)10-12-23-4)19-9-5-7-18(14-19)8-6-11-22/h5,7,9-10,12-13,15,17-18H,4,6,8,14H2,1-3H3/b12-10-. The Hall–Kier alpha value is -2.14. The molecule has 2 rings (SSSR count). The van der Waals surface area contributed by atoms with Crippen LogP contribution in [0.1, 0.15) is 40.0 Å². The molecule has 2 aliphatic rings. The second kappa shape index (κ2) is 7.42. The quantitative estimate of drug-likeness (QED) is 0.615. The Morgan fingerprint density at radius 3 is 3.00 bits per heavy atom. The number of nitrogens with zero attached hydrogens (tertiary/aromatic N) is 2. The smallest absolute Gasteiger partial charge is 0.0621 e. The summed E-state index contributed by atoms with van der Waals surface area (Å²) in [5.74, 6) is 0.915. The number of hydrogen-bond donors (Lipinski definition) is 0. The van der Waals surface area contributed by atoms with Crippen LogP contribution in [-0.4, -0.2) is 6.72 Å². The molecule has 2 nitrogen and oxygen atoms in total. The molecule has 0 bridgehead atoms. The number of rotatable bonds is 5. The first-order chi connectivity index (χ1) is 11.0. The summed E-state index contributed by atoms with van der Waals surface area (Å²) < 4.78 is 0. The molecular weight excluding hydrogens is 280 g/mol. The van der Waals surface area contributed by atoms with Crippen molar-refractivity contribution < 1.29 is 0 Å². The van der Waals surface area contributed by atoms with E-state index in [0.717, 1.165) is 12.8 Å². The summed E-state index contributed by atoms with van der Waals surface area (Å²) in [5.41, 5.74) is 4.03. The minimum Gasteiger partial charge on any atom is -0.273 e. The molecule has 0 amide bonds. The maximum absolute atomic E-state index is 8.80. The van der Waals surface area contributed by atoms with E-state index >= 15 is 0 Å². The van der Waals surface area contributed by atoms with Gasteiger partial charge in [0.15, 0.2) is 0 Å². The predicted molar refractivity (Wildman–Crippen MR) is 98.0 cm³/mol. The van der Waals surface area contributed by atoms with E-state index in [1.807, 2.05) is 0 Å². The van der Waals surface area contributed by atoms with Gasteiger partial charge in [0.25, 0.3) is 0 Å². The van der Waals surface area contributed by atoms with Crippen molar-refractivity contribution in [3.8, 4) is 6.07 Å². The lowest BCUT2D eigenvalue weighted by molar-refractivity contribution is 0.395. The highest BCUT2D eigenvalue weighted by atomic mass is 14.6. The molecule has 3 unspecified atom stereocenters. The van der Waals surface area contributed by atoms with E-state index in [9.17, 15) is 0 Å². The Balaban J connectivity index is 2.28. The molecule has 0 saturated heterocycles. The zero-order valence-electron chi connectivity index (χ0n) is 14.4. The highest BCUT2D eigenvalue weighted by Crippen LogP contribution is 2.43. The number of nitriles is 1. The normalized spacial score (nSPS) is 30.4. The molecule has 3 atom stereocenters. The Kier molecular flexibility index (Phi) is 5.55. The first-order valence-electron chi connectivity index (χ1n) is 8.29. The summed E-state index contributed by atoms with van der Waals surface area (Å²) in [6, 6.07) is 2.25. The molecule has 120 valence electrons. The summed E-state index contributed by atoms with van der Waals surface area (Å²) in [4.78, 5) is 3.88. The molecular formula is C21H26N2. The lowest BCUT2D eigenvalue weighted by Gasteiger charge is -2.36. The third-order valence-electron chi connectivity index (χ3n) is 5.17. The van der Waals surface area contributed by atoms with Crippen LogP contribution in [0.15, 0.2) is 64.4 Å². The molecule has 0 fully saturated rings. The van der Waals surface area contributed by atoms with E-state index < -0.39 is 0 Å². The van der Waals surface area contributed by atoms with Gasteiger partial charge in [-0.25, -0.2) is 0 Å². The van der Waals surface area contributed by atoms with Crippen molar-refractivity contribution >= 4 is 6.72 Å². The van der Waals surface area contributed by atoms with E-state index in [-0.39, 0.29) is 5.41 Å². The van der Waals surface area contributed by atoms with Gasteiger partial charge in [-0.15, -0.1) is 0 Å². The average molecular weight is 306 g/mol. The summed E-state index contributed by atoms with van der Waals surface area (Å²) in [6.07, 6.45) is 17.8. The minimum atomic E-state index is -0.0422. The van der Waals surface area contributed by atoms with Crippen molar-refractivity contribution in [1.29, 1.82) is 5.26 Å². The van der Waals surface area contributed by atoms with Crippen LogP contribution in [0.4, 0.5) is 0 Å². The molecule has 0 saturated carbocycles. The zero-order chi connectivity index (χ0) is 16.9. The average Bonchev–Trinajstić information content (AvgIpc) is 2.56. The second-order valence-corrected chi connectivity index (χ2v) is 6.81. The van der Waals surface area contributed by atoms with Gasteiger partial charge < -0.3 is 0 Å². The van der Waals surface area contributed by atoms with Crippen molar-refractivity contribution in [1.82, 2.24) is 0 Å². The van der Waals surface area contributed by atoms with E-state index in [2.05, 4.69) is 75.0 Å². The van der Waals surface area contributed by atoms with Crippen molar-refractivity contribution in [2.24, 2.45) is 22.2 Å². The molecule has 0 aromatic rings. The van der Waals surface area contributed by atoms with Gasteiger partial charge in [0, 0.05) is 18.0 Å². The Morgan fingerprint density at radius 2 is 2.30 bits per heavy atom. The SMILES string of the molecule is C=N/C=C\C1(C)C=C(C2=CC=CC(CCC#N)C2)C=C(C)C1C. The molecule has 0 aromatic carbocycles. The van der Waals surface area contributed by atoms with Crippen LogP contribution in [-0.2, 0) is 0 Å². The van der Waals surface area contributed by atoms with Gasteiger partial charge in [-0.05, 0) is 49.5 Å². The fraction of sp³-hybridized carbons (Fsp3) is 0.429. The van der Waals surface area contributed by atoms with Crippen molar-refractivity contribution in [3.05, 3.63) is 59.4 Å². The Bertz CT molecular complexity index is 652. The largest absolute Gasteiger partial charge is 0.273 e. The highest BCUT2D eigenvalue weighted by molar-refractivity contribution is 5.49. The van der Waals surface area contributed by atoms with E-state index in [4.69, 9.17) is 5.26 Å². The molecule has 0 heterocycles. The Labute approximate surface area is 140 Å². The van der Waals surface area contributed by atoms with Gasteiger partial charge >= 0.3 is 0 Å². The lowest BCUT2D eigenvalue weighted by atomic mass is 9.68. The monoisotopic (exact) mass is 306 g/mol. The van der Waals surface area contributed by atoms with Crippen LogP contribution in [0.3, 0.4) is 0 Å². The van der Waals surface area contributed by atoms with Gasteiger partial charge in [0.05, 0.1) is 6.07 Å². The van der Waals surface area contributed by atoms with Gasteiger partial charge in [-0.2, -0.15) is 5.26 Å². The van der Waals surface area contributed by atoms with Gasteiger partial charge in [-0.3, -0.25) is 4.99 Å². The van der Waals surface area contributed by atoms with Crippen LogP contribution in [0.25, 0.3) is 0 Å². The van der Waals surface area contributed by atoms with E-state index in [1.54, 1.807) is 6.20 Å². The Morgan fingerprint density at radius 1 is 1.52 bits per heavy atom. The zero-order valence-corrected chi connectivity index (χ0v) is 14.4. The van der Waals surface area contributed by atoms with Crippen molar-refractivity contribution in [2.45, 2.75) is 40.0 Å². The van der Waals surface area contributed by atoms with Crippen LogP contribution >= 0.6 is 0 Å². The third-order valence-corrected chi connectivity index (χ3v) is 5.17. The molecule has 0 aliphatic heterocycles. The molecule has 23 heavy (non-hydrogen) atoms. The number of hydrogen-bond acceptors (Lipinski definition) is 2. The minimum absolute atomic E-state index is 0.0422. The maximum atomic E-state index is 8.80. The summed E-state index contributed by atoms with van der Waals surface area (Å²) >= 11 is 0. The van der Waals surface area contributed by atoms with Crippen molar-refractivity contribution in [3.63, 3.8) is 0 Å². The third kappa shape index (κ3) is 3.99. The summed E-state index contributed by atoms with van der Waals surface area (Å²) in [7, 11) is 0. The molecule has 2 heteroatoms. The van der Waals surface area contributed by atoms with Crippen LogP contribution < -0.4 is 0 Å². The van der Waals surface area contributed by atoms with E-state index in [1.165, 1.54) is 16.7 Å². The fourth-order valence-electron chi connectivity index (χ4n) is 3.36. The second-order valence-electron chi connectivity index (χ2n) is 6.81. The summed E-state index contributed by atoms with van der Waals surface area (Å²) in [6.45, 7) is 10.3. The van der Waals surface area contributed by atoms with Gasteiger partial charge in [0.2, 0.25) is 0 Å². The first-order valence-corrected chi connectivity index (χ1v) is 8.29. The molecule has 0 spiro atoms. The number of aliphatic imine (C=N–C) groups is 1. The van der Waals surface area contributed by atoms with Gasteiger partial charge in [0.1, 0.15) is 0 Å². The number of allylic oxidation sites excluding steroid dienone is 9. The van der Waals surface area contributed by atoms with Gasteiger partial charge in [-0.1, -0.05) is 55.9 Å². The van der Waals surface area contributed by atoms with Crippen LogP contribution in [0.5, 0.6) is 0 Å². The molecule has 0 radical (unpaired) electrons. The molecule has 2 aliphatic carbocycles. The molecule has 0 N–H and O–H groups in total. The van der Waals surface area contributed by atoms with Crippen LogP contribution in [0, 0.1) is 28.6 Å². The lowest BCUT2D eigenvalue weighted by Crippen LogP contribution is -2.25. The van der Waals surface area contributed by atoms with E-state index in [0.29, 0.717) is 18.3 Å². The topological polar surface area (TPSA) is 36.1 Å². The maximum Gasteiger partial charge on any atom is 0.0621 e. The molecule has 0 aromatic heterocycles. The highest BCUT2D eigenvalue weighted by Gasteiger charge is 2.31.